The molecule has 0 fully saturated rings. The molecule has 19 heavy (non-hydrogen) atoms. The van der Waals surface area contributed by atoms with Crippen LogP contribution in [0.25, 0.3) is 11.0 Å². The highest BCUT2D eigenvalue weighted by Gasteiger charge is 2.29. The van der Waals surface area contributed by atoms with Crippen LogP contribution in [0, 0.1) is 11.5 Å². The van der Waals surface area contributed by atoms with E-state index in [2.05, 4.69) is 0 Å². The molecule has 7 heteroatoms. The second kappa shape index (κ2) is 4.78. The third kappa shape index (κ3) is 1.79. The minimum atomic E-state index is -1.30. The first kappa shape index (κ1) is 12.6. The van der Waals surface area contributed by atoms with E-state index in [9.17, 15) is 9.90 Å². The molecule has 98 valence electrons. The molecular formula is C12H9NO6. The van der Waals surface area contributed by atoms with Crippen LogP contribution >= 0.6 is 0 Å². The summed E-state index contributed by atoms with van der Waals surface area (Å²) in [6.07, 6.45) is 2.78. The summed E-state index contributed by atoms with van der Waals surface area (Å²) in [5, 5.41) is 18.3. The fourth-order valence-corrected chi connectivity index (χ4v) is 1.85. The number of benzene rings is 1. The van der Waals surface area contributed by atoms with Crippen LogP contribution in [0.3, 0.4) is 0 Å². The molecule has 0 atom stereocenters. The number of carboxylic acids is 1. The fourth-order valence-electron chi connectivity index (χ4n) is 1.85. The van der Waals surface area contributed by atoms with Gasteiger partial charge in [0.2, 0.25) is 11.5 Å². The van der Waals surface area contributed by atoms with E-state index in [4.69, 9.17) is 23.9 Å². The summed E-state index contributed by atoms with van der Waals surface area (Å²) in [6.45, 7) is 0. The van der Waals surface area contributed by atoms with E-state index in [1.807, 2.05) is 0 Å². The van der Waals surface area contributed by atoms with E-state index < -0.39 is 5.97 Å². The van der Waals surface area contributed by atoms with Gasteiger partial charge in [0, 0.05) is 0 Å². The molecule has 0 saturated carbocycles. The maximum atomic E-state index is 11.4. The van der Waals surface area contributed by atoms with E-state index in [0.29, 0.717) is 5.39 Å². The molecular weight excluding hydrogens is 254 g/mol. The molecule has 0 bridgehead atoms. The van der Waals surface area contributed by atoms with Gasteiger partial charge in [-0.1, -0.05) is 0 Å². The van der Waals surface area contributed by atoms with Gasteiger partial charge in [-0.25, -0.2) is 4.79 Å². The Bertz CT molecular complexity index is 682. The van der Waals surface area contributed by atoms with E-state index in [-0.39, 0.29) is 28.4 Å². The number of fused-ring (bicyclic) bond motifs is 1. The predicted molar refractivity (Wildman–Crippen MR) is 62.5 cm³/mol. The quantitative estimate of drug-likeness (QED) is 0.841. The average Bonchev–Trinajstić information content (AvgIpc) is 2.85. The standard InChI is InChI=1S/C12H9NO6/c1-16-8-6-3-4-18-9(6)11(17-2)10(19-5-13)7(8)12(14)15/h3-4H,1-2H3,(H,14,15). The first-order valence-electron chi connectivity index (χ1n) is 5.10. The third-order valence-corrected chi connectivity index (χ3v) is 2.55. The number of rotatable bonds is 4. The minimum Gasteiger partial charge on any atom is -0.495 e. The summed E-state index contributed by atoms with van der Waals surface area (Å²) in [5.74, 6) is -1.48. The molecule has 1 aromatic carbocycles. The maximum Gasteiger partial charge on any atom is 0.343 e. The van der Waals surface area contributed by atoms with Gasteiger partial charge in [-0.3, -0.25) is 0 Å². The molecule has 0 aliphatic rings. The number of aromatic carboxylic acids is 1. The van der Waals surface area contributed by atoms with E-state index in [1.54, 1.807) is 6.07 Å². The van der Waals surface area contributed by atoms with Gasteiger partial charge in [-0.2, -0.15) is 0 Å². The van der Waals surface area contributed by atoms with Gasteiger partial charge in [-0.15, -0.1) is 5.26 Å². The average molecular weight is 263 g/mol. The van der Waals surface area contributed by atoms with Crippen molar-refractivity contribution >= 4 is 16.9 Å². The van der Waals surface area contributed by atoms with Gasteiger partial charge in [0.1, 0.15) is 11.3 Å². The van der Waals surface area contributed by atoms with Crippen LogP contribution in [0.4, 0.5) is 0 Å². The molecule has 7 nitrogen and oxygen atoms in total. The Morgan fingerprint density at radius 1 is 1.32 bits per heavy atom. The lowest BCUT2D eigenvalue weighted by Crippen LogP contribution is -2.05. The van der Waals surface area contributed by atoms with Gasteiger partial charge in [0.05, 0.1) is 25.9 Å². The lowest BCUT2D eigenvalue weighted by Gasteiger charge is -2.13. The van der Waals surface area contributed by atoms with Gasteiger partial charge in [-0.05, 0) is 6.07 Å². The highest BCUT2D eigenvalue weighted by atomic mass is 16.5. The topological polar surface area (TPSA) is 102 Å². The summed E-state index contributed by atoms with van der Waals surface area (Å²) in [6, 6.07) is 1.54. The summed E-state index contributed by atoms with van der Waals surface area (Å²) >= 11 is 0. The summed E-state index contributed by atoms with van der Waals surface area (Å²) in [7, 11) is 2.64. The minimum absolute atomic E-state index is 0.0275. The van der Waals surface area contributed by atoms with E-state index in [0.717, 1.165) is 0 Å². The van der Waals surface area contributed by atoms with Crippen molar-refractivity contribution in [3.8, 4) is 23.5 Å². The van der Waals surface area contributed by atoms with Crippen molar-refractivity contribution in [2.45, 2.75) is 0 Å². The van der Waals surface area contributed by atoms with Crippen LogP contribution in [-0.4, -0.2) is 25.3 Å². The first-order chi connectivity index (χ1) is 9.15. The van der Waals surface area contributed by atoms with Crippen LogP contribution in [0.15, 0.2) is 16.7 Å². The second-order valence-electron chi connectivity index (χ2n) is 3.43. The molecule has 0 radical (unpaired) electrons. The van der Waals surface area contributed by atoms with Crippen molar-refractivity contribution in [1.82, 2.24) is 0 Å². The Balaban J connectivity index is 2.96. The smallest absolute Gasteiger partial charge is 0.343 e. The molecule has 1 heterocycles. The third-order valence-electron chi connectivity index (χ3n) is 2.55. The van der Waals surface area contributed by atoms with Crippen LogP contribution in [0.2, 0.25) is 0 Å². The maximum absolute atomic E-state index is 11.4. The number of nitriles is 1. The molecule has 0 amide bonds. The Hall–Kier alpha value is -2.88. The Morgan fingerprint density at radius 2 is 2.00 bits per heavy atom. The fraction of sp³-hybridized carbons (Fsp3) is 0.167. The van der Waals surface area contributed by atoms with Gasteiger partial charge in [0.15, 0.2) is 5.58 Å². The summed E-state index contributed by atoms with van der Waals surface area (Å²) in [4.78, 5) is 11.4. The summed E-state index contributed by atoms with van der Waals surface area (Å²) in [5.41, 5.74) is -0.0515. The monoisotopic (exact) mass is 263 g/mol. The van der Waals surface area contributed by atoms with Crippen molar-refractivity contribution in [3.05, 3.63) is 17.9 Å². The molecule has 0 unspecified atom stereocenters. The number of hydrogen-bond donors (Lipinski definition) is 1. The Morgan fingerprint density at radius 3 is 2.53 bits per heavy atom. The number of carboxylic acid groups (broad SMARTS) is 1. The molecule has 0 aliphatic heterocycles. The molecule has 0 saturated heterocycles. The van der Waals surface area contributed by atoms with E-state index >= 15 is 0 Å². The molecule has 0 spiro atoms. The molecule has 1 N–H and O–H groups in total. The zero-order valence-electron chi connectivity index (χ0n) is 10.1. The zero-order valence-corrected chi connectivity index (χ0v) is 10.1. The van der Waals surface area contributed by atoms with Gasteiger partial charge in [0.25, 0.3) is 6.26 Å². The number of methoxy groups -OCH3 is 2. The highest BCUT2D eigenvalue weighted by molar-refractivity contribution is 6.05. The van der Waals surface area contributed by atoms with Gasteiger partial charge < -0.3 is 23.7 Å². The van der Waals surface area contributed by atoms with Crippen molar-refractivity contribution in [2.24, 2.45) is 0 Å². The molecule has 0 aliphatic carbocycles. The number of furan rings is 1. The molecule has 2 rings (SSSR count). The zero-order chi connectivity index (χ0) is 14.0. The number of nitrogens with zero attached hydrogens (tertiary/aromatic N) is 1. The molecule has 2 aromatic rings. The van der Waals surface area contributed by atoms with Crippen LogP contribution < -0.4 is 14.2 Å². The number of ether oxygens (including phenoxy) is 3. The normalized spacial score (nSPS) is 9.95. The second-order valence-corrected chi connectivity index (χ2v) is 3.43. The lowest BCUT2D eigenvalue weighted by atomic mass is 10.1. The lowest BCUT2D eigenvalue weighted by molar-refractivity contribution is 0.0690. The SMILES string of the molecule is COc1c(C(=O)O)c(OC#N)c(OC)c2occc12. The van der Waals surface area contributed by atoms with Crippen LogP contribution in [0.5, 0.6) is 17.2 Å². The Kier molecular flexibility index (Phi) is 3.16. The summed E-state index contributed by atoms with van der Waals surface area (Å²) < 4.78 is 20.1. The Labute approximate surface area is 107 Å². The van der Waals surface area contributed by atoms with Crippen molar-refractivity contribution in [3.63, 3.8) is 0 Å². The highest BCUT2D eigenvalue weighted by Crippen LogP contribution is 2.46. The number of carbonyl (C=O) groups is 1. The van der Waals surface area contributed by atoms with Crippen molar-refractivity contribution in [1.29, 1.82) is 5.26 Å². The largest absolute Gasteiger partial charge is 0.495 e. The van der Waals surface area contributed by atoms with Crippen LogP contribution in [-0.2, 0) is 0 Å². The van der Waals surface area contributed by atoms with Gasteiger partial charge >= 0.3 is 5.97 Å². The van der Waals surface area contributed by atoms with E-state index in [1.165, 1.54) is 26.7 Å². The van der Waals surface area contributed by atoms with Crippen molar-refractivity contribution in [2.75, 3.05) is 14.2 Å². The van der Waals surface area contributed by atoms with Crippen LogP contribution in [0.1, 0.15) is 10.4 Å². The predicted octanol–water partition coefficient (Wildman–Crippen LogP) is 2.01. The van der Waals surface area contributed by atoms with Crippen molar-refractivity contribution < 1.29 is 28.5 Å². The molecule has 1 aromatic heterocycles. The first-order valence-corrected chi connectivity index (χ1v) is 5.10. The number of hydrogen-bond acceptors (Lipinski definition) is 6.